The minimum atomic E-state index is -3.58. The molecule has 0 unspecified atom stereocenters. The van der Waals surface area contributed by atoms with Gasteiger partial charge in [0.1, 0.15) is 0 Å². The van der Waals surface area contributed by atoms with Gasteiger partial charge in [-0.3, -0.25) is 0 Å². The molecule has 122 valence electrons. The van der Waals surface area contributed by atoms with Crippen molar-refractivity contribution >= 4 is 21.4 Å². The number of nitrogens with zero attached hydrogens (tertiary/aromatic N) is 1. The molecule has 1 aliphatic heterocycles. The lowest BCUT2D eigenvalue weighted by molar-refractivity contribution is 0.275. The first-order valence-electron chi connectivity index (χ1n) is 7.78. The van der Waals surface area contributed by atoms with E-state index in [1.807, 2.05) is 54.6 Å². The van der Waals surface area contributed by atoms with Gasteiger partial charge in [-0.2, -0.15) is 0 Å². The molecule has 2 aromatic carbocycles. The smallest absolute Gasteiger partial charge is 0.245 e. The minimum absolute atomic E-state index is 0.00189. The van der Waals surface area contributed by atoms with Crippen molar-refractivity contribution in [3.05, 3.63) is 60.2 Å². The molecule has 1 N–H and O–H groups in total. The third-order valence-electron chi connectivity index (χ3n) is 4.49. The topological polar surface area (TPSA) is 57.6 Å². The van der Waals surface area contributed by atoms with Crippen LogP contribution in [0.15, 0.2) is 54.6 Å². The number of aliphatic hydroxyl groups excluding tert-OH is 1. The van der Waals surface area contributed by atoms with Crippen LogP contribution < -0.4 is 4.31 Å². The summed E-state index contributed by atoms with van der Waals surface area (Å²) in [6.45, 7) is 1.78. The van der Waals surface area contributed by atoms with Crippen LogP contribution in [0.3, 0.4) is 0 Å². The van der Waals surface area contributed by atoms with Crippen molar-refractivity contribution in [3.8, 4) is 0 Å². The molecule has 1 heterocycles. The number of hydrogen-bond donors (Lipinski definition) is 1. The molecule has 5 heteroatoms. The number of rotatable bonds is 4. The van der Waals surface area contributed by atoms with Crippen molar-refractivity contribution in [2.45, 2.75) is 30.9 Å². The van der Waals surface area contributed by atoms with E-state index < -0.39 is 14.8 Å². The standard InChI is InChI=1S/C18H21NO3S/c1-18(12-7-13-20)14-15-8-5-6-11-17(15)19(23(18,21)22)16-9-3-2-4-10-16/h2-6,8-11,20H,7,12-14H2,1H3/t18-/m1/s1. The average molecular weight is 331 g/mol. The summed E-state index contributed by atoms with van der Waals surface area (Å²) in [5, 5.41) is 9.15. The van der Waals surface area contributed by atoms with Crippen LogP contribution in [0, 0.1) is 0 Å². The molecular formula is C18H21NO3S. The Morgan fingerprint density at radius 3 is 2.43 bits per heavy atom. The fourth-order valence-electron chi connectivity index (χ4n) is 3.21. The van der Waals surface area contributed by atoms with Crippen molar-refractivity contribution < 1.29 is 13.5 Å². The van der Waals surface area contributed by atoms with Gasteiger partial charge in [0.05, 0.1) is 16.1 Å². The monoisotopic (exact) mass is 331 g/mol. The normalized spacial score (nSPS) is 22.6. The van der Waals surface area contributed by atoms with Gasteiger partial charge in [0.2, 0.25) is 10.0 Å². The Hall–Kier alpha value is -1.85. The molecule has 0 aliphatic carbocycles. The maximum atomic E-state index is 13.3. The van der Waals surface area contributed by atoms with E-state index in [0.29, 0.717) is 24.9 Å². The van der Waals surface area contributed by atoms with Crippen LogP contribution in [0.1, 0.15) is 25.3 Å². The summed E-state index contributed by atoms with van der Waals surface area (Å²) in [6, 6.07) is 16.8. The van der Waals surface area contributed by atoms with E-state index in [1.54, 1.807) is 6.92 Å². The molecule has 0 saturated carbocycles. The van der Waals surface area contributed by atoms with E-state index >= 15 is 0 Å². The molecule has 2 aromatic rings. The number of aliphatic hydroxyl groups is 1. The van der Waals surface area contributed by atoms with E-state index in [4.69, 9.17) is 5.11 Å². The molecule has 0 spiro atoms. The quantitative estimate of drug-likeness (QED) is 0.936. The molecule has 0 amide bonds. The molecule has 0 bridgehead atoms. The van der Waals surface area contributed by atoms with Crippen LogP contribution in [-0.2, 0) is 16.4 Å². The second-order valence-electron chi connectivity index (χ2n) is 6.19. The Morgan fingerprint density at radius 1 is 1.09 bits per heavy atom. The van der Waals surface area contributed by atoms with Crippen molar-refractivity contribution in [2.75, 3.05) is 10.9 Å². The van der Waals surface area contributed by atoms with Gasteiger partial charge in [0.25, 0.3) is 0 Å². The van der Waals surface area contributed by atoms with Crippen LogP contribution in [0.4, 0.5) is 11.4 Å². The number of hydrogen-bond acceptors (Lipinski definition) is 3. The highest BCUT2D eigenvalue weighted by atomic mass is 32.2. The average Bonchev–Trinajstić information content (AvgIpc) is 2.55. The van der Waals surface area contributed by atoms with Gasteiger partial charge in [-0.1, -0.05) is 36.4 Å². The third-order valence-corrected chi connectivity index (χ3v) is 6.97. The number of anilines is 2. The minimum Gasteiger partial charge on any atom is -0.396 e. The SMILES string of the molecule is C[C@@]1(CCCO)Cc2ccccc2N(c2ccccc2)S1(=O)=O. The van der Waals surface area contributed by atoms with Gasteiger partial charge in [-0.15, -0.1) is 0 Å². The highest BCUT2D eigenvalue weighted by Crippen LogP contribution is 2.44. The fraction of sp³-hybridized carbons (Fsp3) is 0.333. The highest BCUT2D eigenvalue weighted by Gasteiger charge is 2.48. The zero-order chi connectivity index (χ0) is 16.5. The van der Waals surface area contributed by atoms with Crippen LogP contribution in [-0.4, -0.2) is 24.9 Å². The van der Waals surface area contributed by atoms with Crippen LogP contribution in [0.2, 0.25) is 0 Å². The zero-order valence-corrected chi connectivity index (χ0v) is 14.0. The lowest BCUT2D eigenvalue weighted by Crippen LogP contribution is -2.50. The Kier molecular flexibility index (Phi) is 4.17. The lowest BCUT2D eigenvalue weighted by atomic mass is 9.94. The van der Waals surface area contributed by atoms with Gasteiger partial charge in [0, 0.05) is 6.61 Å². The lowest BCUT2D eigenvalue weighted by Gasteiger charge is -2.41. The summed E-state index contributed by atoms with van der Waals surface area (Å²) in [6.07, 6.45) is 1.37. The van der Waals surface area contributed by atoms with Crippen LogP contribution >= 0.6 is 0 Å². The summed E-state index contributed by atoms with van der Waals surface area (Å²) >= 11 is 0. The molecule has 1 aliphatic rings. The van der Waals surface area contributed by atoms with Gasteiger partial charge >= 0.3 is 0 Å². The fourth-order valence-corrected chi connectivity index (χ4v) is 5.23. The van der Waals surface area contributed by atoms with Gasteiger partial charge in [-0.05, 0) is 49.9 Å². The second kappa shape index (κ2) is 5.98. The first kappa shape index (κ1) is 16.0. The first-order chi connectivity index (χ1) is 11.0. The summed E-state index contributed by atoms with van der Waals surface area (Å²) in [5.74, 6) is 0. The summed E-state index contributed by atoms with van der Waals surface area (Å²) in [4.78, 5) is 0. The number of sulfonamides is 1. The number of para-hydroxylation sites is 2. The zero-order valence-electron chi connectivity index (χ0n) is 13.1. The van der Waals surface area contributed by atoms with Crippen LogP contribution in [0.25, 0.3) is 0 Å². The Labute approximate surface area is 137 Å². The third kappa shape index (κ3) is 2.64. The Morgan fingerprint density at radius 2 is 1.74 bits per heavy atom. The van der Waals surface area contributed by atoms with Gasteiger partial charge in [-0.25, -0.2) is 12.7 Å². The Bertz CT molecular complexity index is 789. The largest absolute Gasteiger partial charge is 0.396 e. The first-order valence-corrected chi connectivity index (χ1v) is 9.22. The van der Waals surface area contributed by atoms with Gasteiger partial charge in [0.15, 0.2) is 0 Å². The van der Waals surface area contributed by atoms with Crippen LogP contribution in [0.5, 0.6) is 0 Å². The summed E-state index contributed by atoms with van der Waals surface area (Å²) in [5.41, 5.74) is 2.39. The molecule has 1 atom stereocenters. The summed E-state index contributed by atoms with van der Waals surface area (Å²) < 4.78 is 27.2. The van der Waals surface area contributed by atoms with E-state index in [1.165, 1.54) is 4.31 Å². The molecule has 0 aromatic heterocycles. The molecule has 0 fully saturated rings. The van der Waals surface area contributed by atoms with Crippen molar-refractivity contribution in [1.29, 1.82) is 0 Å². The summed E-state index contributed by atoms with van der Waals surface area (Å²) in [7, 11) is -3.58. The predicted octanol–water partition coefficient (Wildman–Crippen LogP) is 3.24. The Balaban J connectivity index is 2.19. The van der Waals surface area contributed by atoms with E-state index in [2.05, 4.69) is 0 Å². The molecule has 0 radical (unpaired) electrons. The van der Waals surface area contributed by atoms with Crippen molar-refractivity contribution in [1.82, 2.24) is 0 Å². The molecule has 0 saturated heterocycles. The second-order valence-corrected chi connectivity index (χ2v) is 8.49. The molecule has 3 rings (SSSR count). The van der Waals surface area contributed by atoms with E-state index in [0.717, 1.165) is 11.3 Å². The molecule has 4 nitrogen and oxygen atoms in total. The van der Waals surface area contributed by atoms with E-state index in [-0.39, 0.29) is 6.61 Å². The van der Waals surface area contributed by atoms with Gasteiger partial charge < -0.3 is 5.11 Å². The number of benzene rings is 2. The van der Waals surface area contributed by atoms with E-state index in [9.17, 15) is 8.42 Å². The maximum absolute atomic E-state index is 13.3. The number of fused-ring (bicyclic) bond motifs is 1. The highest BCUT2D eigenvalue weighted by molar-refractivity contribution is 7.94. The molecule has 23 heavy (non-hydrogen) atoms. The predicted molar refractivity (Wildman–Crippen MR) is 92.4 cm³/mol. The van der Waals surface area contributed by atoms with Crippen molar-refractivity contribution in [2.24, 2.45) is 0 Å². The maximum Gasteiger partial charge on any atom is 0.245 e. The molecular weight excluding hydrogens is 310 g/mol. The van der Waals surface area contributed by atoms with Crippen molar-refractivity contribution in [3.63, 3.8) is 0 Å².